The summed E-state index contributed by atoms with van der Waals surface area (Å²) >= 11 is 4.92. The maximum absolute atomic E-state index is 11.9. The summed E-state index contributed by atoms with van der Waals surface area (Å²) < 4.78 is 0.989. The second-order valence-corrected chi connectivity index (χ2v) is 5.99. The third-order valence-electron chi connectivity index (χ3n) is 2.79. The maximum atomic E-state index is 11.9. The van der Waals surface area contributed by atoms with Crippen LogP contribution in [0.3, 0.4) is 0 Å². The number of likely N-dealkylation sites (tertiary alicyclic amines) is 1. The highest BCUT2D eigenvalue weighted by Gasteiger charge is 2.17. The van der Waals surface area contributed by atoms with Crippen LogP contribution in [0.4, 0.5) is 5.69 Å². The molecule has 0 unspecified atom stereocenters. The minimum absolute atomic E-state index is 0.215. The van der Waals surface area contributed by atoms with E-state index >= 15 is 0 Å². The number of thioether (sulfide) groups is 1. The fraction of sp³-hybridized carbons (Fsp3) is 0.417. The van der Waals surface area contributed by atoms with Crippen molar-refractivity contribution in [3.63, 3.8) is 0 Å². The first-order valence-electron chi connectivity index (χ1n) is 5.62. The van der Waals surface area contributed by atoms with Crippen LogP contribution < -0.4 is 5.73 Å². The van der Waals surface area contributed by atoms with Crippen molar-refractivity contribution < 1.29 is 4.79 Å². The van der Waals surface area contributed by atoms with Crippen LogP contribution in [0.2, 0.25) is 0 Å². The summed E-state index contributed by atoms with van der Waals surface area (Å²) in [6.07, 6.45) is 2.27. The molecule has 1 aliphatic rings. The number of carbonyl (C=O) groups excluding carboxylic acids is 1. The maximum Gasteiger partial charge on any atom is 0.232 e. The van der Waals surface area contributed by atoms with E-state index in [0.717, 1.165) is 41.0 Å². The number of hydrogen-bond acceptors (Lipinski definition) is 3. The molecule has 0 aromatic heterocycles. The molecule has 0 aliphatic carbocycles. The lowest BCUT2D eigenvalue weighted by molar-refractivity contribution is -0.127. The smallest absolute Gasteiger partial charge is 0.232 e. The molecule has 1 saturated heterocycles. The van der Waals surface area contributed by atoms with Crippen LogP contribution in [0.15, 0.2) is 27.6 Å². The number of nitrogen functional groups attached to an aromatic ring is 1. The Morgan fingerprint density at radius 3 is 2.82 bits per heavy atom. The van der Waals surface area contributed by atoms with Gasteiger partial charge >= 0.3 is 0 Å². The van der Waals surface area contributed by atoms with E-state index in [9.17, 15) is 4.79 Å². The fourth-order valence-electron chi connectivity index (χ4n) is 1.83. The quantitative estimate of drug-likeness (QED) is 0.689. The molecule has 1 fully saturated rings. The molecule has 17 heavy (non-hydrogen) atoms. The average molecular weight is 315 g/mol. The van der Waals surface area contributed by atoms with Crippen LogP contribution in [-0.2, 0) is 4.79 Å². The number of carbonyl (C=O) groups is 1. The molecule has 2 rings (SSSR count). The second kappa shape index (κ2) is 5.78. The van der Waals surface area contributed by atoms with Crippen LogP contribution in [0, 0.1) is 0 Å². The Labute approximate surface area is 114 Å². The predicted octanol–water partition coefficient (Wildman–Crippen LogP) is 2.75. The van der Waals surface area contributed by atoms with Gasteiger partial charge < -0.3 is 10.6 Å². The third-order valence-corrected chi connectivity index (χ3v) is 4.33. The third kappa shape index (κ3) is 3.39. The van der Waals surface area contributed by atoms with Crippen molar-refractivity contribution in [2.45, 2.75) is 17.7 Å². The van der Waals surface area contributed by atoms with Gasteiger partial charge in [-0.1, -0.05) is 15.9 Å². The normalized spacial score (nSPS) is 15.2. The summed E-state index contributed by atoms with van der Waals surface area (Å²) in [5.74, 6) is 0.688. The monoisotopic (exact) mass is 314 g/mol. The summed E-state index contributed by atoms with van der Waals surface area (Å²) in [5.41, 5.74) is 6.59. The molecule has 2 N–H and O–H groups in total. The molecule has 5 heteroatoms. The van der Waals surface area contributed by atoms with Crippen molar-refractivity contribution in [3.05, 3.63) is 22.7 Å². The molecule has 0 saturated carbocycles. The van der Waals surface area contributed by atoms with Gasteiger partial charge in [0.1, 0.15) is 0 Å². The van der Waals surface area contributed by atoms with Gasteiger partial charge in [-0.05, 0) is 31.0 Å². The van der Waals surface area contributed by atoms with Gasteiger partial charge in [-0.25, -0.2) is 0 Å². The van der Waals surface area contributed by atoms with Crippen LogP contribution >= 0.6 is 27.7 Å². The summed E-state index contributed by atoms with van der Waals surface area (Å²) in [6.45, 7) is 1.82. The van der Waals surface area contributed by atoms with Crippen molar-refractivity contribution in [3.8, 4) is 0 Å². The first-order chi connectivity index (χ1) is 8.16. The van der Waals surface area contributed by atoms with Crippen molar-refractivity contribution in [2.75, 3.05) is 24.6 Å². The molecule has 1 amide bonds. The Hall–Kier alpha value is -0.680. The predicted molar refractivity (Wildman–Crippen MR) is 75.1 cm³/mol. The average Bonchev–Trinajstić information content (AvgIpc) is 2.83. The van der Waals surface area contributed by atoms with Crippen molar-refractivity contribution in [2.24, 2.45) is 0 Å². The van der Waals surface area contributed by atoms with E-state index in [1.54, 1.807) is 0 Å². The number of nitrogens with zero attached hydrogens (tertiary/aromatic N) is 1. The van der Waals surface area contributed by atoms with E-state index in [2.05, 4.69) is 15.9 Å². The summed E-state index contributed by atoms with van der Waals surface area (Å²) in [6, 6.07) is 5.71. The molecular weight excluding hydrogens is 300 g/mol. The standard InChI is InChI=1S/C12H15BrN2OS/c13-9-3-4-10(14)11(7-9)17-8-12(16)15-5-1-2-6-15/h3-4,7H,1-2,5-6,8,14H2. The topological polar surface area (TPSA) is 46.3 Å². The van der Waals surface area contributed by atoms with Gasteiger partial charge in [0.25, 0.3) is 0 Å². The Morgan fingerprint density at radius 1 is 1.41 bits per heavy atom. The highest BCUT2D eigenvalue weighted by Crippen LogP contribution is 2.28. The summed E-state index contributed by atoms with van der Waals surface area (Å²) in [7, 11) is 0. The van der Waals surface area contributed by atoms with Gasteiger partial charge in [0.05, 0.1) is 5.75 Å². The lowest BCUT2D eigenvalue weighted by Gasteiger charge is -2.15. The number of amides is 1. The van der Waals surface area contributed by atoms with Gasteiger partial charge in [-0.3, -0.25) is 4.79 Å². The Bertz CT molecular complexity index is 419. The van der Waals surface area contributed by atoms with Crippen LogP contribution in [0.25, 0.3) is 0 Å². The molecule has 1 aliphatic heterocycles. The second-order valence-electron chi connectivity index (χ2n) is 4.06. The zero-order valence-corrected chi connectivity index (χ0v) is 11.9. The minimum Gasteiger partial charge on any atom is -0.398 e. The largest absolute Gasteiger partial charge is 0.398 e. The van der Waals surface area contributed by atoms with Crippen LogP contribution in [-0.4, -0.2) is 29.6 Å². The van der Waals surface area contributed by atoms with Gasteiger partial charge in [-0.15, -0.1) is 11.8 Å². The molecule has 0 radical (unpaired) electrons. The molecule has 1 heterocycles. The first kappa shape index (κ1) is 12.8. The first-order valence-corrected chi connectivity index (χ1v) is 7.40. The zero-order chi connectivity index (χ0) is 12.3. The van der Waals surface area contributed by atoms with E-state index in [0.29, 0.717) is 5.75 Å². The highest BCUT2D eigenvalue weighted by molar-refractivity contribution is 9.10. The number of rotatable bonds is 3. The number of anilines is 1. The highest BCUT2D eigenvalue weighted by atomic mass is 79.9. The van der Waals surface area contributed by atoms with E-state index in [1.807, 2.05) is 23.1 Å². The molecule has 3 nitrogen and oxygen atoms in total. The molecule has 1 aromatic carbocycles. The number of nitrogens with two attached hydrogens (primary N) is 1. The van der Waals surface area contributed by atoms with E-state index in [4.69, 9.17) is 5.73 Å². The van der Waals surface area contributed by atoms with E-state index in [-0.39, 0.29) is 5.91 Å². The number of hydrogen-bond donors (Lipinski definition) is 1. The van der Waals surface area contributed by atoms with Gasteiger partial charge in [0.15, 0.2) is 0 Å². The Morgan fingerprint density at radius 2 is 2.12 bits per heavy atom. The Kier molecular flexibility index (Phi) is 4.34. The summed E-state index contributed by atoms with van der Waals surface area (Å²) in [4.78, 5) is 14.8. The summed E-state index contributed by atoms with van der Waals surface area (Å²) in [5, 5.41) is 0. The van der Waals surface area contributed by atoms with Gasteiger partial charge in [0, 0.05) is 28.1 Å². The van der Waals surface area contributed by atoms with E-state index in [1.165, 1.54) is 11.8 Å². The molecule has 0 spiro atoms. The van der Waals surface area contributed by atoms with Crippen molar-refractivity contribution in [1.82, 2.24) is 4.90 Å². The van der Waals surface area contributed by atoms with Gasteiger partial charge in [-0.2, -0.15) is 0 Å². The van der Waals surface area contributed by atoms with Crippen LogP contribution in [0.1, 0.15) is 12.8 Å². The lowest BCUT2D eigenvalue weighted by atomic mass is 10.3. The molecule has 92 valence electrons. The van der Waals surface area contributed by atoms with E-state index < -0.39 is 0 Å². The molecular formula is C12H15BrN2OS. The minimum atomic E-state index is 0.215. The van der Waals surface area contributed by atoms with Crippen molar-refractivity contribution in [1.29, 1.82) is 0 Å². The molecule has 0 atom stereocenters. The lowest BCUT2D eigenvalue weighted by Crippen LogP contribution is -2.29. The Balaban J connectivity index is 1.92. The van der Waals surface area contributed by atoms with Crippen molar-refractivity contribution >= 4 is 39.3 Å². The number of benzene rings is 1. The number of halogens is 1. The van der Waals surface area contributed by atoms with Crippen LogP contribution in [0.5, 0.6) is 0 Å². The molecule has 1 aromatic rings. The molecule has 0 bridgehead atoms. The van der Waals surface area contributed by atoms with Gasteiger partial charge in [0.2, 0.25) is 5.91 Å². The fourth-order valence-corrected chi connectivity index (χ4v) is 3.25. The SMILES string of the molecule is Nc1ccc(Br)cc1SCC(=O)N1CCCC1. The zero-order valence-electron chi connectivity index (χ0n) is 9.49.